The molecule has 0 aliphatic carbocycles. The molecule has 0 bridgehead atoms. The highest BCUT2D eigenvalue weighted by molar-refractivity contribution is 6.39. The quantitative estimate of drug-likeness (QED) is 0.509. The summed E-state index contributed by atoms with van der Waals surface area (Å²) < 4.78 is 13.6. The standard InChI is InChI=1S/C25H19FN2O3/c1-16-7-2-5-12-22(16)28-24(30)21(23(29)27-25(28)31)15-19-10-4-3-9-18(19)13-17-8-6-11-20(26)14-17/h2-12,14-15H,13H2,1H3,(H,27,29,31)/b21-15+. The van der Waals surface area contributed by atoms with Crippen molar-refractivity contribution in [2.24, 2.45) is 0 Å². The molecule has 5 nitrogen and oxygen atoms in total. The lowest BCUT2D eigenvalue weighted by atomic mass is 9.97. The van der Waals surface area contributed by atoms with Gasteiger partial charge in [-0.2, -0.15) is 0 Å². The SMILES string of the molecule is Cc1ccccc1N1C(=O)NC(=O)/C(=C\c2ccccc2Cc2cccc(F)c2)C1=O. The number of rotatable bonds is 4. The third kappa shape index (κ3) is 4.14. The molecule has 0 unspecified atom stereocenters. The number of hydrogen-bond acceptors (Lipinski definition) is 3. The first-order valence-electron chi connectivity index (χ1n) is 9.73. The average Bonchev–Trinajstić information content (AvgIpc) is 2.73. The fraction of sp³-hybridized carbons (Fsp3) is 0.0800. The first-order valence-corrected chi connectivity index (χ1v) is 9.73. The number of aryl methyl sites for hydroxylation is 1. The summed E-state index contributed by atoms with van der Waals surface area (Å²) in [5, 5.41) is 2.24. The number of carbonyl (C=O) groups is 3. The highest BCUT2D eigenvalue weighted by atomic mass is 19.1. The zero-order valence-corrected chi connectivity index (χ0v) is 16.8. The van der Waals surface area contributed by atoms with Crippen LogP contribution in [0.2, 0.25) is 0 Å². The van der Waals surface area contributed by atoms with E-state index in [2.05, 4.69) is 5.32 Å². The van der Waals surface area contributed by atoms with Crippen molar-refractivity contribution >= 4 is 29.6 Å². The summed E-state index contributed by atoms with van der Waals surface area (Å²) in [5.74, 6) is -1.77. The van der Waals surface area contributed by atoms with Crippen LogP contribution in [0, 0.1) is 12.7 Å². The molecule has 31 heavy (non-hydrogen) atoms. The van der Waals surface area contributed by atoms with Crippen molar-refractivity contribution in [3.63, 3.8) is 0 Å². The van der Waals surface area contributed by atoms with Crippen LogP contribution in [-0.4, -0.2) is 17.8 Å². The molecule has 1 aliphatic rings. The predicted molar refractivity (Wildman–Crippen MR) is 116 cm³/mol. The molecule has 154 valence electrons. The van der Waals surface area contributed by atoms with E-state index in [0.717, 1.165) is 21.6 Å². The molecule has 4 amide bonds. The number of anilines is 1. The van der Waals surface area contributed by atoms with Crippen LogP contribution in [0.3, 0.4) is 0 Å². The molecule has 0 saturated carbocycles. The predicted octanol–water partition coefficient (Wildman–Crippen LogP) is 4.39. The number of nitrogens with one attached hydrogen (secondary N) is 1. The van der Waals surface area contributed by atoms with Gasteiger partial charge in [0.05, 0.1) is 5.69 Å². The number of halogens is 1. The van der Waals surface area contributed by atoms with Gasteiger partial charge in [0.1, 0.15) is 11.4 Å². The van der Waals surface area contributed by atoms with E-state index in [1.807, 2.05) is 18.2 Å². The topological polar surface area (TPSA) is 66.5 Å². The summed E-state index contributed by atoms with van der Waals surface area (Å²) in [6, 6.07) is 19.7. The van der Waals surface area contributed by atoms with Crippen LogP contribution in [0.15, 0.2) is 78.4 Å². The lowest BCUT2D eigenvalue weighted by Crippen LogP contribution is -2.54. The number of amides is 4. The maximum atomic E-state index is 13.6. The van der Waals surface area contributed by atoms with Gasteiger partial charge in [0, 0.05) is 0 Å². The molecular formula is C25H19FN2O3. The first kappa shape index (κ1) is 20.2. The summed E-state index contributed by atoms with van der Waals surface area (Å²) in [6.07, 6.45) is 1.90. The summed E-state index contributed by atoms with van der Waals surface area (Å²) in [6.45, 7) is 1.78. The maximum absolute atomic E-state index is 13.6. The van der Waals surface area contributed by atoms with Gasteiger partial charge in [-0.1, -0.05) is 54.6 Å². The number of imide groups is 2. The van der Waals surface area contributed by atoms with E-state index < -0.39 is 17.8 Å². The lowest BCUT2D eigenvalue weighted by molar-refractivity contribution is -0.122. The minimum atomic E-state index is -0.783. The van der Waals surface area contributed by atoms with Crippen LogP contribution in [0.4, 0.5) is 14.9 Å². The van der Waals surface area contributed by atoms with Crippen molar-refractivity contribution < 1.29 is 18.8 Å². The Hall–Kier alpha value is -4.06. The summed E-state index contributed by atoms with van der Waals surface area (Å²) in [4.78, 5) is 39.0. The van der Waals surface area contributed by atoms with Crippen molar-refractivity contribution in [2.75, 3.05) is 4.90 Å². The largest absolute Gasteiger partial charge is 0.335 e. The Bertz CT molecular complexity index is 1230. The molecule has 1 fully saturated rings. The summed E-state index contributed by atoms with van der Waals surface area (Å²) in [7, 11) is 0. The van der Waals surface area contributed by atoms with Gasteiger partial charge in [-0.15, -0.1) is 0 Å². The second kappa shape index (κ2) is 8.36. The van der Waals surface area contributed by atoms with Crippen molar-refractivity contribution in [3.05, 3.63) is 106 Å². The molecule has 0 spiro atoms. The van der Waals surface area contributed by atoms with Gasteiger partial charge in [0.2, 0.25) is 0 Å². The molecular weight excluding hydrogens is 395 g/mol. The van der Waals surface area contributed by atoms with E-state index in [4.69, 9.17) is 0 Å². The second-order valence-electron chi connectivity index (χ2n) is 7.25. The Kier molecular flexibility index (Phi) is 5.45. The smallest absolute Gasteiger partial charge is 0.273 e. The minimum Gasteiger partial charge on any atom is -0.273 e. The van der Waals surface area contributed by atoms with Crippen LogP contribution < -0.4 is 10.2 Å². The van der Waals surface area contributed by atoms with E-state index >= 15 is 0 Å². The van der Waals surface area contributed by atoms with Crippen LogP contribution in [-0.2, 0) is 16.0 Å². The lowest BCUT2D eigenvalue weighted by Gasteiger charge is -2.27. The molecule has 6 heteroatoms. The number of nitrogens with zero attached hydrogens (tertiary/aromatic N) is 1. The summed E-state index contributed by atoms with van der Waals surface area (Å²) in [5.41, 5.74) is 3.23. The zero-order valence-electron chi connectivity index (χ0n) is 16.8. The molecule has 1 saturated heterocycles. The molecule has 1 N–H and O–H groups in total. The van der Waals surface area contributed by atoms with E-state index in [1.165, 1.54) is 18.2 Å². The monoisotopic (exact) mass is 414 g/mol. The Labute approximate surface area is 178 Å². The van der Waals surface area contributed by atoms with E-state index in [9.17, 15) is 18.8 Å². The number of para-hydroxylation sites is 1. The molecule has 0 radical (unpaired) electrons. The van der Waals surface area contributed by atoms with Gasteiger partial charge >= 0.3 is 6.03 Å². The first-order chi connectivity index (χ1) is 14.9. The molecule has 3 aromatic rings. The number of hydrogen-bond donors (Lipinski definition) is 1. The Morgan fingerprint density at radius 1 is 0.935 bits per heavy atom. The van der Waals surface area contributed by atoms with Crippen molar-refractivity contribution in [2.45, 2.75) is 13.3 Å². The van der Waals surface area contributed by atoms with Gasteiger partial charge in [0.15, 0.2) is 0 Å². The fourth-order valence-corrected chi connectivity index (χ4v) is 3.55. The summed E-state index contributed by atoms with van der Waals surface area (Å²) >= 11 is 0. The number of benzene rings is 3. The third-order valence-electron chi connectivity index (χ3n) is 5.10. The van der Waals surface area contributed by atoms with Gasteiger partial charge in [-0.3, -0.25) is 14.9 Å². The molecule has 4 rings (SSSR count). The van der Waals surface area contributed by atoms with E-state index in [1.54, 1.807) is 49.4 Å². The maximum Gasteiger partial charge on any atom is 0.335 e. The molecule has 0 aromatic heterocycles. The van der Waals surface area contributed by atoms with Crippen molar-refractivity contribution in [1.29, 1.82) is 0 Å². The van der Waals surface area contributed by atoms with Gasteiger partial charge in [0.25, 0.3) is 11.8 Å². The highest BCUT2D eigenvalue weighted by Gasteiger charge is 2.37. The Morgan fingerprint density at radius 3 is 2.45 bits per heavy atom. The van der Waals surface area contributed by atoms with Crippen molar-refractivity contribution in [1.82, 2.24) is 5.32 Å². The van der Waals surface area contributed by atoms with E-state index in [0.29, 0.717) is 17.7 Å². The zero-order chi connectivity index (χ0) is 22.0. The molecule has 1 aliphatic heterocycles. The number of urea groups is 1. The molecule has 0 atom stereocenters. The van der Waals surface area contributed by atoms with Gasteiger partial charge in [-0.25, -0.2) is 14.1 Å². The number of barbiturate groups is 1. The Morgan fingerprint density at radius 2 is 1.68 bits per heavy atom. The second-order valence-corrected chi connectivity index (χ2v) is 7.25. The fourth-order valence-electron chi connectivity index (χ4n) is 3.55. The average molecular weight is 414 g/mol. The third-order valence-corrected chi connectivity index (χ3v) is 5.10. The van der Waals surface area contributed by atoms with Crippen LogP contribution in [0.1, 0.15) is 22.3 Å². The Balaban J connectivity index is 1.73. The highest BCUT2D eigenvalue weighted by Crippen LogP contribution is 2.26. The van der Waals surface area contributed by atoms with Crippen molar-refractivity contribution in [3.8, 4) is 0 Å². The normalized spacial score (nSPS) is 15.4. The van der Waals surface area contributed by atoms with Gasteiger partial charge < -0.3 is 0 Å². The molecule has 1 heterocycles. The van der Waals surface area contributed by atoms with Gasteiger partial charge in [-0.05, 0) is 59.9 Å². The van der Waals surface area contributed by atoms with Crippen LogP contribution in [0.25, 0.3) is 6.08 Å². The number of carbonyl (C=O) groups excluding carboxylic acids is 3. The minimum absolute atomic E-state index is 0.144. The van der Waals surface area contributed by atoms with Crippen LogP contribution >= 0.6 is 0 Å². The van der Waals surface area contributed by atoms with Crippen LogP contribution in [0.5, 0.6) is 0 Å². The van der Waals surface area contributed by atoms with E-state index in [-0.39, 0.29) is 11.4 Å². The molecule has 3 aromatic carbocycles.